The Morgan fingerprint density at radius 2 is 2.09 bits per heavy atom. The van der Waals surface area contributed by atoms with Crippen molar-refractivity contribution >= 4 is 45.9 Å². The molecule has 0 aliphatic carbocycles. The second kappa shape index (κ2) is 9.75. The molecule has 1 amide bonds. The van der Waals surface area contributed by atoms with Gasteiger partial charge in [-0.3, -0.25) is 5.32 Å². The fourth-order valence-electron chi connectivity index (χ4n) is 1.63. The van der Waals surface area contributed by atoms with Crippen LogP contribution in [0.3, 0.4) is 0 Å². The van der Waals surface area contributed by atoms with Crippen LogP contribution in [0.25, 0.3) is 0 Å². The van der Waals surface area contributed by atoms with E-state index in [9.17, 15) is 4.79 Å². The third-order valence-corrected chi connectivity index (χ3v) is 5.10. The molecule has 1 N–H and O–H groups in total. The van der Waals surface area contributed by atoms with Crippen LogP contribution < -0.4 is 5.32 Å². The van der Waals surface area contributed by atoms with Gasteiger partial charge in [0, 0.05) is 16.5 Å². The average molecular weight is 372 g/mol. The Morgan fingerprint density at radius 1 is 1.30 bits per heavy atom. The van der Waals surface area contributed by atoms with Gasteiger partial charge >= 0.3 is 6.09 Å². The molecule has 0 saturated carbocycles. The minimum Gasteiger partial charge on any atom is -0.449 e. The van der Waals surface area contributed by atoms with Gasteiger partial charge in [-0.05, 0) is 24.1 Å². The number of nitrogens with one attached hydrogen (secondary N) is 1. The number of amides is 1. The van der Waals surface area contributed by atoms with Gasteiger partial charge in [0.25, 0.3) is 0 Å². The average Bonchev–Trinajstić information content (AvgIpc) is 2.97. The van der Waals surface area contributed by atoms with Gasteiger partial charge in [-0.2, -0.15) is 0 Å². The molecule has 0 aliphatic heterocycles. The predicted molar refractivity (Wildman–Crippen MR) is 96.2 cm³/mol. The zero-order chi connectivity index (χ0) is 16.5. The molecule has 1 heterocycles. The van der Waals surface area contributed by atoms with E-state index < -0.39 is 6.09 Å². The van der Waals surface area contributed by atoms with E-state index in [2.05, 4.69) is 15.5 Å². The van der Waals surface area contributed by atoms with Crippen LogP contribution in [0.4, 0.5) is 9.93 Å². The smallest absolute Gasteiger partial charge is 0.413 e. The van der Waals surface area contributed by atoms with E-state index in [-0.39, 0.29) is 0 Å². The molecule has 0 atom stereocenters. The molecule has 1 aromatic heterocycles. The maximum Gasteiger partial charge on any atom is 0.413 e. The van der Waals surface area contributed by atoms with E-state index in [4.69, 9.17) is 16.3 Å². The van der Waals surface area contributed by atoms with Crippen LogP contribution in [-0.4, -0.2) is 22.9 Å². The Labute approximate surface area is 148 Å². The maximum absolute atomic E-state index is 11.5. The predicted octanol–water partition coefficient (Wildman–Crippen LogP) is 4.97. The first kappa shape index (κ1) is 18.0. The highest BCUT2D eigenvalue weighted by Gasteiger charge is 2.09. The highest BCUT2D eigenvalue weighted by Crippen LogP contribution is 2.23. The number of halogens is 1. The zero-order valence-corrected chi connectivity index (χ0v) is 15.1. The number of carbonyl (C=O) groups excluding carboxylic acids is 1. The summed E-state index contributed by atoms with van der Waals surface area (Å²) in [6, 6.07) is 7.78. The van der Waals surface area contributed by atoms with Crippen LogP contribution in [0.2, 0.25) is 5.02 Å². The Morgan fingerprint density at radius 3 is 2.83 bits per heavy atom. The first-order valence-electron chi connectivity index (χ1n) is 7.25. The minimum absolute atomic E-state index is 0.422. The number of benzene rings is 1. The molecule has 2 aromatic rings. The SMILES string of the molecule is CCCCOC(=O)Nc1nnc(CSCc2ccc(Cl)cc2)s1. The molecule has 124 valence electrons. The number of nitrogens with zero attached hydrogens (tertiary/aromatic N) is 2. The van der Waals surface area contributed by atoms with Crippen LogP contribution in [0.1, 0.15) is 30.3 Å². The van der Waals surface area contributed by atoms with Gasteiger partial charge < -0.3 is 4.74 Å². The van der Waals surface area contributed by atoms with Crippen molar-refractivity contribution < 1.29 is 9.53 Å². The molecule has 0 aliphatic rings. The van der Waals surface area contributed by atoms with Crippen LogP contribution in [0.15, 0.2) is 24.3 Å². The Balaban J connectivity index is 1.71. The summed E-state index contributed by atoms with van der Waals surface area (Å²) in [6.07, 6.45) is 1.37. The second-order valence-electron chi connectivity index (χ2n) is 4.73. The van der Waals surface area contributed by atoms with E-state index in [1.807, 2.05) is 31.2 Å². The molecule has 1 aromatic carbocycles. The quantitative estimate of drug-likeness (QED) is 0.663. The van der Waals surface area contributed by atoms with Crippen molar-refractivity contribution in [3.8, 4) is 0 Å². The number of carbonyl (C=O) groups is 1. The third kappa shape index (κ3) is 6.76. The Bertz CT molecular complexity index is 619. The number of unbranched alkanes of at least 4 members (excludes halogenated alkanes) is 1. The molecule has 8 heteroatoms. The van der Waals surface area contributed by atoms with Crippen molar-refractivity contribution in [1.82, 2.24) is 10.2 Å². The van der Waals surface area contributed by atoms with Crippen molar-refractivity contribution in [2.24, 2.45) is 0 Å². The first-order chi connectivity index (χ1) is 11.2. The number of ether oxygens (including phenoxy) is 1. The fourth-order valence-corrected chi connectivity index (χ4v) is 3.53. The summed E-state index contributed by atoms with van der Waals surface area (Å²) in [5.74, 6) is 1.62. The fraction of sp³-hybridized carbons (Fsp3) is 0.400. The van der Waals surface area contributed by atoms with E-state index in [1.165, 1.54) is 16.9 Å². The molecule has 0 saturated heterocycles. The van der Waals surface area contributed by atoms with E-state index in [1.54, 1.807) is 11.8 Å². The van der Waals surface area contributed by atoms with Crippen molar-refractivity contribution in [3.63, 3.8) is 0 Å². The van der Waals surface area contributed by atoms with Gasteiger partial charge in [0.15, 0.2) is 0 Å². The number of rotatable bonds is 8. The lowest BCUT2D eigenvalue weighted by atomic mass is 10.2. The molecule has 0 spiro atoms. The minimum atomic E-state index is -0.477. The van der Waals surface area contributed by atoms with E-state index in [0.717, 1.165) is 34.4 Å². The molecule has 2 rings (SSSR count). The summed E-state index contributed by atoms with van der Waals surface area (Å²) in [7, 11) is 0. The lowest BCUT2D eigenvalue weighted by Crippen LogP contribution is -2.14. The highest BCUT2D eigenvalue weighted by atomic mass is 35.5. The molecule has 5 nitrogen and oxygen atoms in total. The molecule has 23 heavy (non-hydrogen) atoms. The zero-order valence-electron chi connectivity index (χ0n) is 12.8. The normalized spacial score (nSPS) is 10.5. The summed E-state index contributed by atoms with van der Waals surface area (Å²) >= 11 is 8.95. The van der Waals surface area contributed by atoms with Crippen LogP contribution in [0, 0.1) is 0 Å². The number of aromatic nitrogens is 2. The monoisotopic (exact) mass is 371 g/mol. The Hall–Kier alpha value is -1.31. The lowest BCUT2D eigenvalue weighted by Gasteiger charge is -2.02. The lowest BCUT2D eigenvalue weighted by molar-refractivity contribution is 0.160. The summed E-state index contributed by atoms with van der Waals surface area (Å²) in [6.45, 7) is 2.46. The summed E-state index contributed by atoms with van der Waals surface area (Å²) in [5, 5.41) is 12.7. The number of anilines is 1. The topological polar surface area (TPSA) is 64.1 Å². The number of thioether (sulfide) groups is 1. The van der Waals surface area contributed by atoms with Gasteiger partial charge in [0.05, 0.1) is 6.61 Å². The molecular weight excluding hydrogens is 354 g/mol. The van der Waals surface area contributed by atoms with Gasteiger partial charge in [-0.1, -0.05) is 48.4 Å². The highest BCUT2D eigenvalue weighted by molar-refractivity contribution is 7.97. The Kier molecular flexibility index (Phi) is 7.64. The van der Waals surface area contributed by atoms with Gasteiger partial charge in [0.2, 0.25) is 5.13 Å². The standard InChI is InChI=1S/C15H18ClN3O2S2/c1-2-3-8-21-15(20)17-14-19-18-13(23-14)10-22-9-11-4-6-12(16)7-5-11/h4-7H,2-3,8-10H2,1H3,(H,17,19,20). The van der Waals surface area contributed by atoms with Gasteiger partial charge in [-0.15, -0.1) is 22.0 Å². The largest absolute Gasteiger partial charge is 0.449 e. The first-order valence-corrected chi connectivity index (χ1v) is 9.60. The molecule has 0 unspecified atom stereocenters. The summed E-state index contributed by atoms with van der Waals surface area (Å²) in [5.41, 5.74) is 1.21. The molecular formula is C15H18ClN3O2S2. The van der Waals surface area contributed by atoms with Crippen molar-refractivity contribution in [2.75, 3.05) is 11.9 Å². The van der Waals surface area contributed by atoms with E-state index in [0.29, 0.717) is 11.7 Å². The summed E-state index contributed by atoms with van der Waals surface area (Å²) in [4.78, 5) is 11.5. The van der Waals surface area contributed by atoms with Crippen LogP contribution >= 0.6 is 34.7 Å². The van der Waals surface area contributed by atoms with Crippen LogP contribution in [-0.2, 0) is 16.2 Å². The van der Waals surface area contributed by atoms with Crippen molar-refractivity contribution in [1.29, 1.82) is 0 Å². The molecule has 0 radical (unpaired) electrons. The number of hydrogen-bond acceptors (Lipinski definition) is 6. The molecule has 0 bridgehead atoms. The molecule has 0 fully saturated rings. The summed E-state index contributed by atoms with van der Waals surface area (Å²) < 4.78 is 5.02. The second-order valence-corrected chi connectivity index (χ2v) is 7.22. The van der Waals surface area contributed by atoms with Crippen LogP contribution in [0.5, 0.6) is 0 Å². The van der Waals surface area contributed by atoms with Gasteiger partial charge in [-0.25, -0.2) is 4.79 Å². The number of hydrogen-bond donors (Lipinski definition) is 1. The van der Waals surface area contributed by atoms with Gasteiger partial charge in [0.1, 0.15) is 5.01 Å². The van der Waals surface area contributed by atoms with Crippen molar-refractivity contribution in [3.05, 3.63) is 39.9 Å². The third-order valence-electron chi connectivity index (χ3n) is 2.81. The van der Waals surface area contributed by atoms with Crippen molar-refractivity contribution in [2.45, 2.75) is 31.3 Å². The maximum atomic E-state index is 11.5. The van der Waals surface area contributed by atoms with E-state index >= 15 is 0 Å².